The van der Waals surface area contributed by atoms with Crippen LogP contribution >= 0.6 is 0 Å². The summed E-state index contributed by atoms with van der Waals surface area (Å²) in [5.41, 5.74) is 0. The zero-order valence-corrected chi connectivity index (χ0v) is 65.8. The van der Waals surface area contributed by atoms with Crippen molar-refractivity contribution >= 4 is 5.91 Å². The second-order valence-electron chi connectivity index (χ2n) is 31.7. The largest absolute Gasteiger partial charge is 0.394 e. The van der Waals surface area contributed by atoms with Gasteiger partial charge in [0.1, 0.15) is 73.2 Å². The van der Waals surface area contributed by atoms with E-state index in [1.807, 2.05) is 0 Å². The van der Waals surface area contributed by atoms with Crippen molar-refractivity contribution in [3.63, 3.8) is 0 Å². The van der Waals surface area contributed by atoms with Gasteiger partial charge in [0.05, 0.1) is 38.6 Å². The molecular weight excluding hydrogens is 1310 g/mol. The molecule has 3 saturated heterocycles. The Kier molecular flexibility index (Phi) is 61.0. The Morgan fingerprint density at radius 2 is 0.553 bits per heavy atom. The Morgan fingerprint density at radius 3 is 0.845 bits per heavy atom. The van der Waals surface area contributed by atoms with Gasteiger partial charge < -0.3 is 89.9 Å². The van der Waals surface area contributed by atoms with Crippen LogP contribution in [0.3, 0.4) is 0 Å². The fourth-order valence-electron chi connectivity index (χ4n) is 15.4. The van der Waals surface area contributed by atoms with E-state index in [0.717, 1.165) is 44.9 Å². The van der Waals surface area contributed by atoms with E-state index in [2.05, 4.69) is 19.2 Å². The van der Waals surface area contributed by atoms with Gasteiger partial charge in [-0.3, -0.25) is 4.79 Å². The molecule has 19 heteroatoms. The monoisotopic (exact) mass is 1470 g/mol. The molecule has 0 bridgehead atoms. The minimum atomic E-state index is -1.97. The number of aliphatic hydroxyl groups is 11. The SMILES string of the molecule is CCCCCCCCCCCCCCCCCCCCCCCCCCCCCCCCCCCCCCCCCC(=O)NC(COC1OC(CO)C(OC2OC(CO)C(OC3OC(CO)C(O)C(O)C3O)C(O)C2O)C(O)C1O)C(O)CCCCCCCCCCCCCCCCCCCCC. The van der Waals surface area contributed by atoms with Crippen molar-refractivity contribution in [2.75, 3.05) is 26.4 Å². The Hall–Kier alpha value is -1.21. The molecule has 0 saturated carbocycles. The van der Waals surface area contributed by atoms with Gasteiger partial charge >= 0.3 is 0 Å². The minimum absolute atomic E-state index is 0.232. The van der Waals surface area contributed by atoms with Gasteiger partial charge in [0.15, 0.2) is 18.9 Å². The van der Waals surface area contributed by atoms with Gasteiger partial charge in [-0.2, -0.15) is 0 Å². The smallest absolute Gasteiger partial charge is 0.220 e. The van der Waals surface area contributed by atoms with Crippen LogP contribution in [0, 0.1) is 0 Å². The average molecular weight is 1480 g/mol. The fourth-order valence-corrected chi connectivity index (χ4v) is 15.4. The van der Waals surface area contributed by atoms with Crippen molar-refractivity contribution in [2.45, 2.75) is 503 Å². The molecule has 3 heterocycles. The van der Waals surface area contributed by atoms with Crippen molar-refractivity contribution in [2.24, 2.45) is 0 Å². The molecule has 0 aliphatic carbocycles. The van der Waals surface area contributed by atoms with Crippen LogP contribution in [0.15, 0.2) is 0 Å². The molecule has 19 nitrogen and oxygen atoms in total. The lowest BCUT2D eigenvalue weighted by Crippen LogP contribution is -2.66. The molecule has 3 aliphatic heterocycles. The van der Waals surface area contributed by atoms with E-state index in [1.54, 1.807) is 0 Å². The molecule has 0 spiro atoms. The van der Waals surface area contributed by atoms with Crippen LogP contribution in [0.2, 0.25) is 0 Å². The van der Waals surface area contributed by atoms with E-state index in [1.165, 1.54) is 321 Å². The first-order chi connectivity index (χ1) is 50.3. The van der Waals surface area contributed by atoms with Gasteiger partial charge in [-0.1, -0.05) is 380 Å². The highest BCUT2D eigenvalue weighted by atomic mass is 16.8. The zero-order chi connectivity index (χ0) is 74.6. The number of rotatable bonds is 72. The van der Waals surface area contributed by atoms with Gasteiger partial charge in [0.25, 0.3) is 0 Å². The zero-order valence-electron chi connectivity index (χ0n) is 65.8. The summed E-state index contributed by atoms with van der Waals surface area (Å²) in [6.07, 6.45) is 50.9. The highest BCUT2D eigenvalue weighted by molar-refractivity contribution is 5.76. The molecule has 12 N–H and O–H groups in total. The standard InChI is InChI=1S/C84H163NO18/c1-3-5-7-9-11-13-15-17-19-21-23-24-25-26-27-28-29-30-31-32-33-34-35-36-37-38-39-40-41-42-44-46-48-50-52-54-56-58-60-62-72(90)85-67(68(89)61-59-57-55-53-51-49-47-45-43-22-20-18-16-14-12-10-8-6-4-2)66-98-82-78(96)75(93)80(70(64-87)100-82)103-84-79(97)76(94)81(71(65-88)101-84)102-83-77(95)74(92)73(91)69(63-86)99-83/h67-71,73-84,86-89,91-97H,3-66H2,1-2H3,(H,85,90). The molecule has 0 aromatic carbocycles. The fraction of sp³-hybridized carbons (Fsp3) is 0.988. The number of carbonyl (C=O) groups is 1. The molecular formula is C84H163NO18. The molecule has 1 amide bonds. The highest BCUT2D eigenvalue weighted by Crippen LogP contribution is 2.34. The first-order valence-corrected chi connectivity index (χ1v) is 43.8. The summed E-state index contributed by atoms with van der Waals surface area (Å²) >= 11 is 0. The van der Waals surface area contributed by atoms with Crippen LogP contribution in [0.5, 0.6) is 0 Å². The maximum atomic E-state index is 13.5. The predicted octanol–water partition coefficient (Wildman–Crippen LogP) is 15.7. The van der Waals surface area contributed by atoms with Gasteiger partial charge in [0, 0.05) is 6.42 Å². The van der Waals surface area contributed by atoms with Crippen LogP contribution in [0.25, 0.3) is 0 Å². The summed E-state index contributed by atoms with van der Waals surface area (Å²) in [7, 11) is 0. The number of amides is 1. The Morgan fingerprint density at radius 1 is 0.311 bits per heavy atom. The maximum Gasteiger partial charge on any atom is 0.220 e. The molecule has 0 radical (unpaired) electrons. The first-order valence-electron chi connectivity index (χ1n) is 43.8. The summed E-state index contributed by atoms with van der Waals surface area (Å²) in [5.74, 6) is -0.232. The van der Waals surface area contributed by atoms with Crippen molar-refractivity contribution in [1.82, 2.24) is 5.32 Å². The minimum Gasteiger partial charge on any atom is -0.394 e. The average Bonchev–Trinajstić information content (AvgIpc) is 0.781. The topological polar surface area (TPSA) is 307 Å². The quantitative estimate of drug-likeness (QED) is 0.0252. The summed E-state index contributed by atoms with van der Waals surface area (Å²) in [5, 5.41) is 121. The van der Waals surface area contributed by atoms with Gasteiger partial charge in [-0.25, -0.2) is 0 Å². The molecule has 3 rings (SSSR count). The Labute approximate surface area is 627 Å². The molecule has 3 aliphatic rings. The predicted molar refractivity (Wildman–Crippen MR) is 411 cm³/mol. The van der Waals surface area contributed by atoms with Crippen LogP contribution in [-0.2, 0) is 33.2 Å². The Bertz CT molecular complexity index is 1860. The van der Waals surface area contributed by atoms with Gasteiger partial charge in [0.2, 0.25) is 5.91 Å². The summed E-state index contributed by atoms with van der Waals surface area (Å²) < 4.78 is 34.5. The highest BCUT2D eigenvalue weighted by Gasteiger charge is 2.54. The van der Waals surface area contributed by atoms with Crippen LogP contribution in [0.1, 0.15) is 399 Å². The number of hydrogen-bond acceptors (Lipinski definition) is 18. The third-order valence-corrected chi connectivity index (χ3v) is 22.4. The van der Waals surface area contributed by atoms with Crippen molar-refractivity contribution in [3.05, 3.63) is 0 Å². The van der Waals surface area contributed by atoms with Crippen molar-refractivity contribution in [1.29, 1.82) is 0 Å². The third kappa shape index (κ3) is 45.0. The Balaban J connectivity index is 1.28. The molecule has 3 fully saturated rings. The van der Waals surface area contributed by atoms with Crippen LogP contribution in [0.4, 0.5) is 0 Å². The number of aliphatic hydroxyl groups excluding tert-OH is 11. The lowest BCUT2D eigenvalue weighted by atomic mass is 9.96. The molecule has 103 heavy (non-hydrogen) atoms. The number of ether oxygens (including phenoxy) is 6. The lowest BCUT2D eigenvalue weighted by molar-refractivity contribution is -0.379. The van der Waals surface area contributed by atoms with Gasteiger partial charge in [-0.15, -0.1) is 0 Å². The van der Waals surface area contributed by atoms with E-state index in [9.17, 15) is 61.0 Å². The molecule has 0 aromatic heterocycles. The summed E-state index contributed by atoms with van der Waals surface area (Å²) in [6.45, 7) is 1.88. The first kappa shape index (κ1) is 96.0. The van der Waals surface area contributed by atoms with Crippen molar-refractivity contribution < 1.29 is 89.4 Å². The molecule has 0 aromatic rings. The second kappa shape index (κ2) is 65.5. The number of carbonyl (C=O) groups excluding carboxylic acids is 1. The molecule has 17 atom stereocenters. The number of nitrogens with one attached hydrogen (secondary N) is 1. The van der Waals surface area contributed by atoms with Crippen LogP contribution in [-0.4, -0.2) is 193 Å². The van der Waals surface area contributed by atoms with Crippen molar-refractivity contribution in [3.8, 4) is 0 Å². The third-order valence-electron chi connectivity index (χ3n) is 22.4. The van der Waals surface area contributed by atoms with E-state index < -0.39 is 124 Å². The second-order valence-corrected chi connectivity index (χ2v) is 31.7. The molecule has 612 valence electrons. The van der Waals surface area contributed by atoms with E-state index in [-0.39, 0.29) is 18.9 Å². The van der Waals surface area contributed by atoms with E-state index >= 15 is 0 Å². The summed E-state index contributed by atoms with van der Waals surface area (Å²) in [6, 6.07) is -0.883. The molecule has 17 unspecified atom stereocenters. The normalized spacial score (nSPS) is 25.9. The van der Waals surface area contributed by atoms with E-state index in [4.69, 9.17) is 28.4 Å². The van der Waals surface area contributed by atoms with Crippen LogP contribution < -0.4 is 5.32 Å². The maximum absolute atomic E-state index is 13.5. The van der Waals surface area contributed by atoms with E-state index in [0.29, 0.717) is 12.8 Å². The van der Waals surface area contributed by atoms with Gasteiger partial charge in [-0.05, 0) is 12.8 Å². The number of hydrogen-bond donors (Lipinski definition) is 12. The summed E-state index contributed by atoms with van der Waals surface area (Å²) in [4.78, 5) is 13.5. The number of unbranched alkanes of at least 4 members (excludes halogenated alkanes) is 56. The lowest BCUT2D eigenvalue weighted by Gasteiger charge is -2.48.